The number of carbonyl (C=O) groups excluding carboxylic acids is 4. The molecule has 2 aromatic carbocycles. The van der Waals surface area contributed by atoms with Crippen LogP contribution in [-0.4, -0.2) is 108 Å². The van der Waals surface area contributed by atoms with Crippen molar-refractivity contribution in [3.8, 4) is 5.00 Å². The summed E-state index contributed by atoms with van der Waals surface area (Å²) in [7, 11) is 0. The number of nitrogens with one attached hydrogen (secondary N) is 1. The van der Waals surface area contributed by atoms with E-state index in [1.54, 1.807) is 11.3 Å². The first-order valence-electron chi connectivity index (χ1n) is 20.4. The lowest BCUT2D eigenvalue weighted by molar-refractivity contribution is -0.123. The van der Waals surface area contributed by atoms with Gasteiger partial charge in [-0.25, -0.2) is 0 Å². The number of nitrogens with zero attached hydrogens (tertiary/aromatic N) is 5. The van der Waals surface area contributed by atoms with E-state index in [0.29, 0.717) is 108 Å². The zero-order valence-electron chi connectivity index (χ0n) is 33.9. The van der Waals surface area contributed by atoms with Crippen LogP contribution in [0.2, 0.25) is 5.02 Å². The summed E-state index contributed by atoms with van der Waals surface area (Å²) >= 11 is 7.90. The van der Waals surface area contributed by atoms with Gasteiger partial charge in [-0.1, -0.05) is 29.8 Å². The molecule has 15 heteroatoms. The molecular weight excluding hydrogens is 792 g/mol. The zero-order chi connectivity index (χ0) is 41.5. The van der Waals surface area contributed by atoms with Gasteiger partial charge in [-0.3, -0.25) is 28.7 Å². The number of aliphatic imine (C=N–C) groups is 1. The average molecular weight is 843 g/mol. The van der Waals surface area contributed by atoms with Crippen LogP contribution in [0.3, 0.4) is 0 Å². The standard InChI is InChI=1S/C44H51ClN6O7S/c1-27-28(2)59-44-40(27)41(30-8-10-34(45)11-9-30)47-38(42-49-48-29(3)51(42)44)26-36(52)5-4-17-56-19-21-58-22-20-57-18-14-39(54)46-35-12-15-50(16-13-35)43(55)32-7-6-31-24-37(53)25-33(31)23-32/h6-11,23,35,38H,4-5,12-22,24-26H2,1-3H3,(H,46,54)/t38-/m0/s1. The van der Waals surface area contributed by atoms with E-state index in [9.17, 15) is 19.2 Å². The number of halogens is 1. The van der Waals surface area contributed by atoms with Crippen LogP contribution in [0, 0.1) is 20.8 Å². The number of likely N-dealkylation sites (tertiary alicyclic amines) is 1. The van der Waals surface area contributed by atoms with Crippen molar-refractivity contribution < 1.29 is 33.4 Å². The van der Waals surface area contributed by atoms with E-state index in [1.807, 2.05) is 54.3 Å². The van der Waals surface area contributed by atoms with Crippen LogP contribution in [0.15, 0.2) is 47.5 Å². The van der Waals surface area contributed by atoms with E-state index >= 15 is 0 Å². The molecule has 13 nitrogen and oxygen atoms in total. The number of rotatable bonds is 18. The molecule has 0 bridgehead atoms. The van der Waals surface area contributed by atoms with Crippen LogP contribution < -0.4 is 5.32 Å². The first-order valence-corrected chi connectivity index (χ1v) is 21.6. The normalized spacial score (nSPS) is 16.3. The highest BCUT2D eigenvalue weighted by Gasteiger charge is 2.32. The first kappa shape index (κ1) is 42.5. The molecule has 2 aromatic heterocycles. The lowest BCUT2D eigenvalue weighted by Crippen LogP contribution is -2.46. The highest BCUT2D eigenvalue weighted by Crippen LogP contribution is 2.40. The molecule has 1 aliphatic carbocycles. The number of thiophene rings is 1. The SMILES string of the molecule is Cc1sc2c(c1C)C(c1ccc(Cl)cc1)=N[C@@H](CC(=O)CCCOCCOCCOCCC(=O)NC1CCN(C(=O)c3ccc4c(c3)CC(=O)C4)CC1)c1nnc(C)n1-2. The monoisotopic (exact) mass is 842 g/mol. The van der Waals surface area contributed by atoms with E-state index in [-0.39, 0.29) is 42.3 Å². The third-order valence-corrected chi connectivity index (χ3v) is 12.6. The number of ketones is 2. The second-order valence-corrected chi connectivity index (χ2v) is 17.0. The Balaban J connectivity index is 0.744. The summed E-state index contributed by atoms with van der Waals surface area (Å²) in [5, 5.41) is 13.6. The minimum Gasteiger partial charge on any atom is -0.379 e. The molecule has 0 radical (unpaired) electrons. The third-order valence-electron chi connectivity index (χ3n) is 11.1. The minimum absolute atomic E-state index is 0.0200. The van der Waals surface area contributed by atoms with Crippen molar-refractivity contribution in [2.24, 2.45) is 4.99 Å². The number of ether oxygens (including phenoxy) is 3. The molecule has 1 saturated heterocycles. The highest BCUT2D eigenvalue weighted by molar-refractivity contribution is 7.15. The molecule has 4 aromatic rings. The van der Waals surface area contributed by atoms with E-state index in [2.05, 4.69) is 33.9 Å². The van der Waals surface area contributed by atoms with Gasteiger partial charge in [-0.2, -0.15) is 0 Å². The summed E-state index contributed by atoms with van der Waals surface area (Å²) < 4.78 is 19.0. The van der Waals surface area contributed by atoms with Gasteiger partial charge in [0.05, 0.1) is 38.7 Å². The lowest BCUT2D eigenvalue weighted by Gasteiger charge is -2.32. The van der Waals surface area contributed by atoms with Gasteiger partial charge in [0.15, 0.2) is 5.82 Å². The van der Waals surface area contributed by atoms with Crippen molar-refractivity contribution in [2.75, 3.05) is 52.7 Å². The second kappa shape index (κ2) is 19.6. The van der Waals surface area contributed by atoms with E-state index < -0.39 is 6.04 Å². The fourth-order valence-electron chi connectivity index (χ4n) is 7.82. The fourth-order valence-corrected chi connectivity index (χ4v) is 9.16. The Labute approximate surface area is 353 Å². The molecule has 0 spiro atoms. The summed E-state index contributed by atoms with van der Waals surface area (Å²) in [5.41, 5.74) is 6.53. The smallest absolute Gasteiger partial charge is 0.253 e. The van der Waals surface area contributed by atoms with Crippen LogP contribution in [0.5, 0.6) is 0 Å². The first-order chi connectivity index (χ1) is 28.5. The number of fused-ring (bicyclic) bond motifs is 4. The number of aromatic nitrogens is 3. The predicted molar refractivity (Wildman–Crippen MR) is 225 cm³/mol. The van der Waals surface area contributed by atoms with Crippen molar-refractivity contribution >= 4 is 52.0 Å². The molecule has 3 aliphatic rings. The van der Waals surface area contributed by atoms with Crippen molar-refractivity contribution in [1.82, 2.24) is 25.0 Å². The quantitative estimate of drug-likeness (QED) is 0.118. The number of amides is 2. The maximum absolute atomic E-state index is 13.3. The van der Waals surface area contributed by atoms with Gasteiger partial charge >= 0.3 is 0 Å². The number of hydrogen-bond acceptors (Lipinski definition) is 11. The molecular formula is C44H51ClN6O7S. The van der Waals surface area contributed by atoms with Gasteiger partial charge in [0.25, 0.3) is 5.91 Å². The number of aryl methyl sites for hydroxylation is 2. The summed E-state index contributed by atoms with van der Waals surface area (Å²) in [6.07, 6.45) is 3.63. The highest BCUT2D eigenvalue weighted by atomic mass is 35.5. The van der Waals surface area contributed by atoms with Gasteiger partial charge in [0.2, 0.25) is 5.91 Å². The Morgan fingerprint density at radius 3 is 2.31 bits per heavy atom. The van der Waals surface area contributed by atoms with E-state index in [4.69, 9.17) is 30.8 Å². The topological polar surface area (TPSA) is 154 Å². The van der Waals surface area contributed by atoms with Crippen molar-refractivity contribution in [1.29, 1.82) is 0 Å². The van der Waals surface area contributed by atoms with Crippen molar-refractivity contribution in [2.45, 2.75) is 84.2 Å². The van der Waals surface area contributed by atoms with Gasteiger partial charge in [0, 0.05) is 84.4 Å². The van der Waals surface area contributed by atoms with Gasteiger partial charge in [0.1, 0.15) is 28.4 Å². The average Bonchev–Trinajstić information content (AvgIpc) is 3.86. The summed E-state index contributed by atoms with van der Waals surface area (Å²) in [6, 6.07) is 12.7. The second-order valence-electron chi connectivity index (χ2n) is 15.3. The zero-order valence-corrected chi connectivity index (χ0v) is 35.5. The largest absolute Gasteiger partial charge is 0.379 e. The van der Waals surface area contributed by atoms with Gasteiger partial charge < -0.3 is 24.4 Å². The summed E-state index contributed by atoms with van der Waals surface area (Å²) in [4.78, 5) is 58.8. The van der Waals surface area contributed by atoms with E-state index in [0.717, 1.165) is 44.4 Å². The molecule has 1 fully saturated rings. The molecule has 0 saturated carbocycles. The predicted octanol–water partition coefficient (Wildman–Crippen LogP) is 6.07. The number of hydrogen-bond donors (Lipinski definition) is 1. The Bertz CT molecular complexity index is 2210. The number of piperidine rings is 1. The molecule has 2 aliphatic heterocycles. The Morgan fingerprint density at radius 2 is 1.56 bits per heavy atom. The van der Waals surface area contributed by atoms with Crippen molar-refractivity contribution in [3.63, 3.8) is 0 Å². The van der Waals surface area contributed by atoms with Crippen LogP contribution in [-0.2, 0) is 41.4 Å². The molecule has 7 rings (SSSR count). The minimum atomic E-state index is -0.487. The van der Waals surface area contributed by atoms with Crippen LogP contribution >= 0.6 is 22.9 Å². The number of carbonyl (C=O) groups is 4. The molecule has 1 atom stereocenters. The molecule has 1 N–H and O–H groups in total. The maximum Gasteiger partial charge on any atom is 0.253 e. The van der Waals surface area contributed by atoms with Crippen LogP contribution in [0.1, 0.15) is 99.3 Å². The molecule has 312 valence electrons. The molecule has 4 heterocycles. The van der Waals surface area contributed by atoms with Gasteiger partial charge in [-0.15, -0.1) is 21.5 Å². The summed E-state index contributed by atoms with van der Waals surface area (Å²) in [5.74, 6) is 1.59. The number of Topliss-reactive ketones (excluding diaryl/α,β-unsaturated/α-hetero) is 2. The Kier molecular flexibility index (Phi) is 14.2. The van der Waals surface area contributed by atoms with Crippen LogP contribution in [0.4, 0.5) is 0 Å². The van der Waals surface area contributed by atoms with Gasteiger partial charge in [-0.05, 0) is 81.0 Å². The summed E-state index contributed by atoms with van der Waals surface area (Å²) in [6.45, 7) is 9.54. The number of benzene rings is 2. The van der Waals surface area contributed by atoms with Crippen molar-refractivity contribution in [3.05, 3.63) is 97.4 Å². The molecule has 0 unspecified atom stereocenters. The molecule has 59 heavy (non-hydrogen) atoms. The van der Waals surface area contributed by atoms with Crippen LogP contribution in [0.25, 0.3) is 5.00 Å². The lowest BCUT2D eigenvalue weighted by atomic mass is 9.99. The Hall–Kier alpha value is -4.60. The Morgan fingerprint density at radius 1 is 0.864 bits per heavy atom. The molecule has 2 amide bonds. The fraction of sp³-hybridized carbons (Fsp3) is 0.477. The van der Waals surface area contributed by atoms with E-state index in [1.165, 1.54) is 4.88 Å². The maximum atomic E-state index is 13.3. The third kappa shape index (κ3) is 10.4.